The molecule has 7 heteroatoms. The van der Waals surface area contributed by atoms with Crippen molar-refractivity contribution in [2.75, 3.05) is 40.4 Å². The van der Waals surface area contributed by atoms with Crippen LogP contribution in [0.3, 0.4) is 0 Å². The Kier molecular flexibility index (Phi) is 12.9. The summed E-state index contributed by atoms with van der Waals surface area (Å²) in [6.45, 7) is 4.62. The molecule has 6 nitrogen and oxygen atoms in total. The van der Waals surface area contributed by atoms with Crippen LogP contribution >= 0.6 is 11.6 Å². The lowest BCUT2D eigenvalue weighted by molar-refractivity contribution is -0.135. The summed E-state index contributed by atoms with van der Waals surface area (Å²) in [6.07, 6.45) is 12.9. The number of ether oxygens (including phenoxy) is 1. The first-order valence-corrected chi connectivity index (χ1v) is 15.2. The summed E-state index contributed by atoms with van der Waals surface area (Å²) in [4.78, 5) is 28.4. The van der Waals surface area contributed by atoms with Gasteiger partial charge in [-0.1, -0.05) is 55.8 Å². The van der Waals surface area contributed by atoms with Gasteiger partial charge in [-0.05, 0) is 81.6 Å². The maximum absolute atomic E-state index is 13.7. The van der Waals surface area contributed by atoms with Gasteiger partial charge in [-0.3, -0.25) is 9.59 Å². The molecule has 0 spiro atoms. The van der Waals surface area contributed by atoms with E-state index in [9.17, 15) is 9.59 Å². The average Bonchev–Trinajstić information content (AvgIpc) is 2.91. The fourth-order valence-electron chi connectivity index (χ4n) is 6.95. The first-order valence-electron chi connectivity index (χ1n) is 14.8. The van der Waals surface area contributed by atoms with Crippen LogP contribution in [-0.2, 0) is 19.9 Å². The quantitative estimate of drug-likeness (QED) is 0.283. The van der Waals surface area contributed by atoms with Crippen LogP contribution in [0.2, 0.25) is 5.02 Å². The molecule has 1 aliphatic heterocycles. The summed E-state index contributed by atoms with van der Waals surface area (Å²) in [5.41, 5.74) is 0.456. The second-order valence-corrected chi connectivity index (χ2v) is 12.1. The molecule has 1 aliphatic carbocycles. The van der Waals surface area contributed by atoms with Crippen LogP contribution in [0.15, 0.2) is 24.3 Å². The molecule has 2 fully saturated rings. The zero-order chi connectivity index (χ0) is 27.4. The van der Waals surface area contributed by atoms with Gasteiger partial charge in [0, 0.05) is 51.1 Å². The third kappa shape index (κ3) is 8.96. The molecule has 0 unspecified atom stereocenters. The largest absolute Gasteiger partial charge is 0.385 e. The minimum atomic E-state index is -0.574. The number of halogens is 1. The van der Waals surface area contributed by atoms with Crippen molar-refractivity contribution in [1.82, 2.24) is 15.5 Å². The van der Waals surface area contributed by atoms with Crippen molar-refractivity contribution in [3.05, 3.63) is 34.9 Å². The van der Waals surface area contributed by atoms with Crippen LogP contribution in [0.1, 0.15) is 89.5 Å². The number of methoxy groups -OCH3 is 1. The summed E-state index contributed by atoms with van der Waals surface area (Å²) in [5, 5.41) is 7.37. The van der Waals surface area contributed by atoms with Crippen LogP contribution in [0.25, 0.3) is 0 Å². The Bertz CT molecular complexity index is 876. The SMILES string of the molecule is CNC[C@@H](CC(=O)N1CCC[C@@H]([C@](CCCCOC)(NC(C)=O)c2cccc(Cl)c2)C1)CC1CCCCC1. The maximum atomic E-state index is 13.7. The molecule has 1 aromatic carbocycles. The lowest BCUT2D eigenvalue weighted by atomic mass is 9.71. The normalized spacial score (nSPS) is 21.1. The average molecular weight is 548 g/mol. The highest BCUT2D eigenvalue weighted by molar-refractivity contribution is 6.30. The summed E-state index contributed by atoms with van der Waals surface area (Å²) in [6, 6.07) is 7.90. The number of nitrogens with zero attached hydrogens (tertiary/aromatic N) is 1. The van der Waals surface area contributed by atoms with Gasteiger partial charge < -0.3 is 20.3 Å². The number of unbranched alkanes of at least 4 members (excludes halogenated alkanes) is 1. The van der Waals surface area contributed by atoms with Crippen molar-refractivity contribution in [3.63, 3.8) is 0 Å². The standard InChI is InChI=1S/C31H50ClN3O3/c1-24(36)34-31(16-7-8-18-38-3,27-13-9-15-29(32)21-27)28-14-10-17-35(23-28)30(37)20-26(22-33-2)19-25-11-5-4-6-12-25/h9,13,15,21,25-26,28,33H,4-8,10-12,14,16-20,22-23H2,1-3H3,(H,34,36)/t26-,28-,31-/m1/s1. The van der Waals surface area contributed by atoms with Gasteiger partial charge in [0.05, 0.1) is 5.54 Å². The van der Waals surface area contributed by atoms with E-state index in [0.29, 0.717) is 30.5 Å². The van der Waals surface area contributed by atoms with E-state index in [1.807, 2.05) is 25.2 Å². The second kappa shape index (κ2) is 15.8. The molecule has 38 heavy (non-hydrogen) atoms. The van der Waals surface area contributed by atoms with Gasteiger partial charge in [-0.2, -0.15) is 0 Å². The third-order valence-corrected chi connectivity index (χ3v) is 8.96. The van der Waals surface area contributed by atoms with Crippen molar-refractivity contribution in [3.8, 4) is 0 Å². The van der Waals surface area contributed by atoms with E-state index in [1.165, 1.54) is 32.1 Å². The molecule has 2 N–H and O–H groups in total. The first-order chi connectivity index (χ1) is 18.4. The van der Waals surface area contributed by atoms with Gasteiger partial charge in [0.15, 0.2) is 0 Å². The van der Waals surface area contributed by atoms with Crippen molar-refractivity contribution in [2.45, 2.75) is 89.5 Å². The fourth-order valence-corrected chi connectivity index (χ4v) is 7.15. The number of hydrogen-bond donors (Lipinski definition) is 2. The Hall–Kier alpha value is -1.63. The number of rotatable bonds is 14. The molecule has 214 valence electrons. The number of benzene rings is 1. The smallest absolute Gasteiger partial charge is 0.222 e. The summed E-state index contributed by atoms with van der Waals surface area (Å²) in [5.74, 6) is 1.45. The van der Waals surface area contributed by atoms with Crippen LogP contribution in [0, 0.1) is 17.8 Å². The molecule has 0 radical (unpaired) electrons. The molecule has 2 aliphatic rings. The van der Waals surface area contributed by atoms with Crippen LogP contribution < -0.4 is 10.6 Å². The molecule has 0 aromatic heterocycles. The Labute approximate surface area is 235 Å². The van der Waals surface area contributed by atoms with E-state index < -0.39 is 5.54 Å². The number of amides is 2. The molecule has 1 saturated carbocycles. The number of piperidine rings is 1. The van der Waals surface area contributed by atoms with Crippen molar-refractivity contribution in [1.29, 1.82) is 0 Å². The monoisotopic (exact) mass is 547 g/mol. The van der Waals surface area contributed by atoms with Gasteiger partial charge in [0.1, 0.15) is 0 Å². The van der Waals surface area contributed by atoms with Gasteiger partial charge in [-0.25, -0.2) is 0 Å². The highest BCUT2D eigenvalue weighted by Gasteiger charge is 2.43. The summed E-state index contributed by atoms with van der Waals surface area (Å²) in [7, 11) is 3.71. The van der Waals surface area contributed by atoms with Gasteiger partial charge in [-0.15, -0.1) is 0 Å². The number of hydrogen-bond acceptors (Lipinski definition) is 4. The van der Waals surface area contributed by atoms with E-state index in [2.05, 4.69) is 21.6 Å². The van der Waals surface area contributed by atoms with E-state index >= 15 is 0 Å². The Morgan fingerprint density at radius 1 is 1.16 bits per heavy atom. The minimum Gasteiger partial charge on any atom is -0.385 e. The van der Waals surface area contributed by atoms with E-state index in [1.54, 1.807) is 14.0 Å². The Morgan fingerprint density at radius 3 is 2.63 bits per heavy atom. The number of nitrogens with one attached hydrogen (secondary N) is 2. The number of carbonyl (C=O) groups excluding carboxylic acids is 2. The van der Waals surface area contributed by atoms with Crippen LogP contribution in [-0.4, -0.2) is 57.1 Å². The van der Waals surface area contributed by atoms with Crippen LogP contribution in [0.4, 0.5) is 0 Å². The first kappa shape index (κ1) is 30.9. The molecule has 1 aromatic rings. The maximum Gasteiger partial charge on any atom is 0.222 e. The Balaban J connectivity index is 1.79. The molecular weight excluding hydrogens is 498 g/mol. The number of carbonyl (C=O) groups is 2. The minimum absolute atomic E-state index is 0.0540. The van der Waals surface area contributed by atoms with E-state index in [0.717, 1.165) is 63.1 Å². The van der Waals surface area contributed by atoms with E-state index in [-0.39, 0.29) is 17.7 Å². The van der Waals surface area contributed by atoms with Gasteiger partial charge in [0.2, 0.25) is 11.8 Å². The second-order valence-electron chi connectivity index (χ2n) is 11.7. The van der Waals surface area contributed by atoms with Crippen molar-refractivity contribution >= 4 is 23.4 Å². The van der Waals surface area contributed by atoms with Gasteiger partial charge in [0.25, 0.3) is 0 Å². The molecule has 3 rings (SSSR count). The molecule has 2 amide bonds. The van der Waals surface area contributed by atoms with Crippen molar-refractivity contribution < 1.29 is 14.3 Å². The molecule has 1 saturated heterocycles. The van der Waals surface area contributed by atoms with E-state index in [4.69, 9.17) is 16.3 Å². The lowest BCUT2D eigenvalue weighted by Crippen LogP contribution is -2.56. The summed E-state index contributed by atoms with van der Waals surface area (Å²) < 4.78 is 5.30. The lowest BCUT2D eigenvalue weighted by Gasteiger charge is -2.47. The summed E-state index contributed by atoms with van der Waals surface area (Å²) >= 11 is 6.45. The third-order valence-electron chi connectivity index (χ3n) is 8.73. The predicted molar refractivity (Wildman–Crippen MR) is 155 cm³/mol. The van der Waals surface area contributed by atoms with Gasteiger partial charge >= 0.3 is 0 Å². The zero-order valence-electron chi connectivity index (χ0n) is 23.9. The zero-order valence-corrected chi connectivity index (χ0v) is 24.7. The number of likely N-dealkylation sites (tertiary alicyclic amines) is 1. The predicted octanol–water partition coefficient (Wildman–Crippen LogP) is 5.92. The molecular formula is C31H50ClN3O3. The molecule has 3 atom stereocenters. The van der Waals surface area contributed by atoms with Crippen molar-refractivity contribution in [2.24, 2.45) is 17.8 Å². The van der Waals surface area contributed by atoms with Crippen LogP contribution in [0.5, 0.6) is 0 Å². The molecule has 0 bridgehead atoms. The fraction of sp³-hybridized carbons (Fsp3) is 0.742. The highest BCUT2D eigenvalue weighted by atomic mass is 35.5. The Morgan fingerprint density at radius 2 is 1.95 bits per heavy atom. The molecule has 1 heterocycles. The highest BCUT2D eigenvalue weighted by Crippen LogP contribution is 2.41. The topological polar surface area (TPSA) is 70.7 Å².